The van der Waals surface area contributed by atoms with E-state index in [2.05, 4.69) is 11.7 Å². The quantitative estimate of drug-likeness (QED) is 0.869. The zero-order valence-electron chi connectivity index (χ0n) is 11.9. The van der Waals surface area contributed by atoms with E-state index in [-0.39, 0.29) is 23.8 Å². The van der Waals surface area contributed by atoms with Crippen LogP contribution < -0.4 is 5.56 Å². The summed E-state index contributed by atoms with van der Waals surface area (Å²) in [5, 5.41) is 15.2. The first-order valence-corrected chi connectivity index (χ1v) is 6.39. The van der Waals surface area contributed by atoms with Crippen molar-refractivity contribution in [3.8, 4) is 5.75 Å². The second-order valence-corrected chi connectivity index (χ2v) is 4.98. The molecule has 106 valence electrons. The molecular weight excluding hydrogens is 256 g/mol. The maximum atomic E-state index is 12.4. The van der Waals surface area contributed by atoms with Gasteiger partial charge in [-0.2, -0.15) is 5.10 Å². The Morgan fingerprint density at radius 1 is 1.45 bits per heavy atom. The largest absolute Gasteiger partial charge is 0.508 e. The Morgan fingerprint density at radius 2 is 2.15 bits per heavy atom. The fourth-order valence-corrected chi connectivity index (χ4v) is 2.06. The van der Waals surface area contributed by atoms with E-state index < -0.39 is 0 Å². The molecule has 0 saturated heterocycles. The van der Waals surface area contributed by atoms with Crippen molar-refractivity contribution in [1.82, 2.24) is 9.78 Å². The second kappa shape index (κ2) is 5.36. The Labute approximate surface area is 117 Å². The smallest absolute Gasteiger partial charge is 0.275 e. The van der Waals surface area contributed by atoms with Crippen molar-refractivity contribution in [1.29, 1.82) is 0 Å². The topological polar surface area (TPSA) is 64.3 Å². The molecular formula is C15H18N2O3. The number of nitrogens with zero attached hydrogens (tertiary/aromatic N) is 2. The maximum Gasteiger partial charge on any atom is 0.275 e. The average Bonchev–Trinajstić information content (AvgIpc) is 2.41. The normalized spacial score (nSPS) is 11.0. The summed E-state index contributed by atoms with van der Waals surface area (Å²) in [7, 11) is 1.51. The molecule has 1 N–H and O–H groups in total. The van der Waals surface area contributed by atoms with Crippen LogP contribution in [0.25, 0.3) is 10.8 Å². The molecule has 20 heavy (non-hydrogen) atoms. The minimum absolute atomic E-state index is 0.125. The van der Waals surface area contributed by atoms with Crippen molar-refractivity contribution in [2.75, 3.05) is 7.11 Å². The number of aromatic nitrogens is 2. The number of hydrogen-bond donors (Lipinski definition) is 1. The molecule has 5 nitrogen and oxygen atoms in total. The van der Waals surface area contributed by atoms with E-state index in [1.54, 1.807) is 12.1 Å². The number of allylic oxidation sites excluding steroid dienone is 1. The first-order valence-electron chi connectivity index (χ1n) is 6.39. The molecule has 0 amide bonds. The standard InChI is InChI=1S/C15H18N2O3/c1-9(2)14-13-7-11(18)5-6-12(13)15(19)17(16-14)8-10(3)20-4/h5-7,9,18H,3,8H2,1-2,4H3. The summed E-state index contributed by atoms with van der Waals surface area (Å²) in [5.41, 5.74) is 0.544. The lowest BCUT2D eigenvalue weighted by atomic mass is 10.0. The molecule has 0 aliphatic rings. The van der Waals surface area contributed by atoms with Crippen LogP contribution in [0, 0.1) is 0 Å². The number of phenolic OH excluding ortho intramolecular Hbond substituents is 1. The SMILES string of the molecule is C=C(Cn1nc(C(C)C)c2cc(O)ccc2c1=O)OC. The Morgan fingerprint density at radius 3 is 2.75 bits per heavy atom. The van der Waals surface area contributed by atoms with E-state index in [1.165, 1.54) is 17.9 Å². The lowest BCUT2D eigenvalue weighted by molar-refractivity contribution is 0.266. The molecule has 1 aromatic heterocycles. The molecule has 0 atom stereocenters. The van der Waals surface area contributed by atoms with Gasteiger partial charge in [-0.3, -0.25) is 4.79 Å². The van der Waals surface area contributed by atoms with Crippen LogP contribution in [-0.4, -0.2) is 22.0 Å². The van der Waals surface area contributed by atoms with Gasteiger partial charge in [-0.05, 0) is 24.1 Å². The number of fused-ring (bicyclic) bond motifs is 1. The predicted octanol–water partition coefficient (Wildman–Crippen LogP) is 2.39. The molecule has 0 fully saturated rings. The highest BCUT2D eigenvalue weighted by Crippen LogP contribution is 2.24. The zero-order chi connectivity index (χ0) is 14.9. The van der Waals surface area contributed by atoms with E-state index >= 15 is 0 Å². The molecule has 0 bridgehead atoms. The maximum absolute atomic E-state index is 12.4. The lowest BCUT2D eigenvalue weighted by Gasteiger charge is -2.14. The Hall–Kier alpha value is -2.30. The molecule has 2 rings (SSSR count). The first kappa shape index (κ1) is 14.1. The number of rotatable bonds is 4. The van der Waals surface area contributed by atoms with Crippen LogP contribution in [0.15, 0.2) is 35.3 Å². The minimum atomic E-state index is -0.220. The van der Waals surface area contributed by atoms with Crippen molar-refractivity contribution >= 4 is 10.8 Å². The van der Waals surface area contributed by atoms with Crippen molar-refractivity contribution in [3.05, 3.63) is 46.6 Å². The van der Waals surface area contributed by atoms with E-state index in [0.29, 0.717) is 16.5 Å². The van der Waals surface area contributed by atoms with E-state index in [4.69, 9.17) is 4.74 Å². The molecule has 0 saturated carbocycles. The van der Waals surface area contributed by atoms with Crippen LogP contribution in [0.5, 0.6) is 5.75 Å². The van der Waals surface area contributed by atoms with Gasteiger partial charge in [0.2, 0.25) is 0 Å². The number of methoxy groups -OCH3 is 1. The Balaban J connectivity index is 2.73. The van der Waals surface area contributed by atoms with Crippen LogP contribution in [0.2, 0.25) is 0 Å². The van der Waals surface area contributed by atoms with Crippen molar-refractivity contribution in [3.63, 3.8) is 0 Å². The van der Waals surface area contributed by atoms with Gasteiger partial charge < -0.3 is 9.84 Å². The van der Waals surface area contributed by atoms with Crippen LogP contribution >= 0.6 is 0 Å². The van der Waals surface area contributed by atoms with Gasteiger partial charge in [-0.15, -0.1) is 0 Å². The minimum Gasteiger partial charge on any atom is -0.508 e. The van der Waals surface area contributed by atoms with Gasteiger partial charge in [-0.25, -0.2) is 4.68 Å². The zero-order valence-corrected chi connectivity index (χ0v) is 11.9. The Kier molecular flexibility index (Phi) is 3.79. The fourth-order valence-electron chi connectivity index (χ4n) is 2.06. The van der Waals surface area contributed by atoms with Crippen LogP contribution in [-0.2, 0) is 11.3 Å². The molecule has 1 aromatic carbocycles. The summed E-state index contributed by atoms with van der Waals surface area (Å²) in [6.07, 6.45) is 0. The summed E-state index contributed by atoms with van der Waals surface area (Å²) >= 11 is 0. The Bertz CT molecular complexity index is 717. The van der Waals surface area contributed by atoms with Gasteiger partial charge in [0.05, 0.1) is 18.2 Å². The second-order valence-electron chi connectivity index (χ2n) is 4.98. The molecule has 0 spiro atoms. The van der Waals surface area contributed by atoms with E-state index in [0.717, 1.165) is 5.69 Å². The summed E-state index contributed by atoms with van der Waals surface area (Å²) in [6, 6.07) is 4.70. The third kappa shape index (κ3) is 2.52. The first-order chi connectivity index (χ1) is 9.43. The third-order valence-corrected chi connectivity index (χ3v) is 3.13. The molecule has 5 heteroatoms. The average molecular weight is 274 g/mol. The van der Waals surface area contributed by atoms with Crippen LogP contribution in [0.4, 0.5) is 0 Å². The fraction of sp³-hybridized carbons (Fsp3) is 0.333. The van der Waals surface area contributed by atoms with Gasteiger partial charge >= 0.3 is 0 Å². The molecule has 0 aliphatic carbocycles. The lowest BCUT2D eigenvalue weighted by Crippen LogP contribution is -2.26. The van der Waals surface area contributed by atoms with Gasteiger partial charge in [0.15, 0.2) is 0 Å². The van der Waals surface area contributed by atoms with Crippen molar-refractivity contribution in [2.24, 2.45) is 0 Å². The molecule has 0 unspecified atom stereocenters. The monoisotopic (exact) mass is 274 g/mol. The number of aromatic hydroxyl groups is 1. The summed E-state index contributed by atoms with van der Waals surface area (Å²) in [4.78, 5) is 12.4. The van der Waals surface area contributed by atoms with E-state index in [1.807, 2.05) is 13.8 Å². The summed E-state index contributed by atoms with van der Waals surface area (Å²) in [6.45, 7) is 7.91. The molecule has 0 aliphatic heterocycles. The highest BCUT2D eigenvalue weighted by molar-refractivity contribution is 5.85. The van der Waals surface area contributed by atoms with Gasteiger partial charge in [0.1, 0.15) is 18.1 Å². The van der Waals surface area contributed by atoms with Crippen molar-refractivity contribution < 1.29 is 9.84 Å². The van der Waals surface area contributed by atoms with Crippen LogP contribution in [0.3, 0.4) is 0 Å². The number of benzene rings is 1. The number of ether oxygens (including phenoxy) is 1. The molecule has 0 radical (unpaired) electrons. The molecule has 2 aromatic rings. The van der Waals surface area contributed by atoms with Gasteiger partial charge in [0.25, 0.3) is 5.56 Å². The van der Waals surface area contributed by atoms with Gasteiger partial charge in [-0.1, -0.05) is 20.4 Å². The third-order valence-electron chi connectivity index (χ3n) is 3.13. The number of phenols is 1. The van der Waals surface area contributed by atoms with Gasteiger partial charge in [0, 0.05) is 5.39 Å². The van der Waals surface area contributed by atoms with Crippen molar-refractivity contribution in [2.45, 2.75) is 26.3 Å². The predicted molar refractivity (Wildman–Crippen MR) is 77.9 cm³/mol. The highest BCUT2D eigenvalue weighted by Gasteiger charge is 2.14. The summed E-state index contributed by atoms with van der Waals surface area (Å²) < 4.78 is 6.35. The van der Waals surface area contributed by atoms with Crippen LogP contribution in [0.1, 0.15) is 25.5 Å². The van der Waals surface area contributed by atoms with E-state index in [9.17, 15) is 9.90 Å². The summed E-state index contributed by atoms with van der Waals surface area (Å²) in [5.74, 6) is 0.717. The number of hydrogen-bond acceptors (Lipinski definition) is 4. The molecule has 1 heterocycles. The highest BCUT2D eigenvalue weighted by atomic mass is 16.5.